The number of carbonyl (C=O) groups excluding carboxylic acids is 2. The first-order chi connectivity index (χ1) is 6.90. The Morgan fingerprint density at radius 2 is 2.00 bits per heavy atom. The fraction of sp³-hybridized carbons (Fsp3) is 0.778. The topological polar surface area (TPSA) is 81.4 Å². The molecular formula is C9H17BrN2O3. The van der Waals surface area contributed by atoms with Gasteiger partial charge in [-0.05, 0) is 5.92 Å². The number of hydrogen-bond acceptors (Lipinski definition) is 4. The van der Waals surface area contributed by atoms with E-state index in [1.165, 1.54) is 7.11 Å². The molecule has 0 aromatic rings. The number of rotatable bonds is 6. The Hall–Kier alpha value is -0.620. The molecule has 0 bridgehead atoms. The van der Waals surface area contributed by atoms with Gasteiger partial charge >= 0.3 is 5.97 Å². The van der Waals surface area contributed by atoms with Crippen molar-refractivity contribution in [2.24, 2.45) is 11.7 Å². The van der Waals surface area contributed by atoms with Gasteiger partial charge in [0.15, 0.2) is 0 Å². The number of ether oxygens (including phenoxy) is 1. The molecule has 2 unspecified atom stereocenters. The van der Waals surface area contributed by atoms with Crippen molar-refractivity contribution < 1.29 is 14.3 Å². The average Bonchev–Trinajstić information content (AvgIpc) is 2.15. The Morgan fingerprint density at radius 1 is 1.47 bits per heavy atom. The predicted octanol–water partition coefficient (Wildman–Crippen LogP) is 0.0224. The van der Waals surface area contributed by atoms with Crippen molar-refractivity contribution in [1.82, 2.24) is 5.32 Å². The molecule has 88 valence electrons. The zero-order valence-corrected chi connectivity index (χ0v) is 10.7. The van der Waals surface area contributed by atoms with Gasteiger partial charge in [0.25, 0.3) is 0 Å². The third kappa shape index (κ3) is 5.13. The Balaban J connectivity index is 4.11. The van der Waals surface area contributed by atoms with E-state index in [9.17, 15) is 9.59 Å². The van der Waals surface area contributed by atoms with Crippen LogP contribution in [0.25, 0.3) is 0 Å². The van der Waals surface area contributed by atoms with E-state index >= 15 is 0 Å². The lowest BCUT2D eigenvalue weighted by Crippen LogP contribution is -2.47. The number of hydrogen-bond donors (Lipinski definition) is 2. The summed E-state index contributed by atoms with van der Waals surface area (Å²) >= 11 is 3.14. The van der Waals surface area contributed by atoms with Crippen LogP contribution in [0.5, 0.6) is 0 Å². The third-order valence-electron chi connectivity index (χ3n) is 1.95. The monoisotopic (exact) mass is 280 g/mol. The summed E-state index contributed by atoms with van der Waals surface area (Å²) in [7, 11) is 1.31. The molecule has 0 aromatic carbocycles. The van der Waals surface area contributed by atoms with Crippen molar-refractivity contribution in [3.63, 3.8) is 0 Å². The number of amides is 1. The Labute approximate surface area is 97.9 Å². The summed E-state index contributed by atoms with van der Waals surface area (Å²) in [5.74, 6) is -0.719. The van der Waals surface area contributed by atoms with Gasteiger partial charge in [-0.25, -0.2) is 0 Å². The maximum atomic E-state index is 11.0. The average molecular weight is 281 g/mol. The van der Waals surface area contributed by atoms with Gasteiger partial charge in [0.05, 0.1) is 13.2 Å². The van der Waals surface area contributed by atoms with Gasteiger partial charge in [-0.3, -0.25) is 9.59 Å². The van der Waals surface area contributed by atoms with Gasteiger partial charge in [0.1, 0.15) is 4.83 Å². The first kappa shape index (κ1) is 14.4. The minimum Gasteiger partial charge on any atom is -0.468 e. The van der Waals surface area contributed by atoms with Crippen molar-refractivity contribution in [2.45, 2.75) is 24.7 Å². The van der Waals surface area contributed by atoms with Crippen LogP contribution < -0.4 is 11.1 Å². The number of esters is 1. The fourth-order valence-electron chi connectivity index (χ4n) is 1.11. The van der Waals surface area contributed by atoms with Crippen molar-refractivity contribution in [1.29, 1.82) is 0 Å². The van der Waals surface area contributed by atoms with Gasteiger partial charge in [-0.15, -0.1) is 0 Å². The van der Waals surface area contributed by atoms with Crippen LogP contribution in [0.2, 0.25) is 0 Å². The van der Waals surface area contributed by atoms with Crippen LogP contribution in [0.3, 0.4) is 0 Å². The molecule has 0 saturated heterocycles. The number of carbonyl (C=O) groups is 2. The number of halogens is 1. The van der Waals surface area contributed by atoms with Gasteiger partial charge in [-0.1, -0.05) is 29.8 Å². The highest BCUT2D eigenvalue weighted by Crippen LogP contribution is 2.04. The van der Waals surface area contributed by atoms with E-state index in [2.05, 4.69) is 26.0 Å². The Morgan fingerprint density at radius 3 is 2.33 bits per heavy atom. The summed E-state index contributed by atoms with van der Waals surface area (Å²) in [5, 5.41) is 2.91. The first-order valence-corrected chi connectivity index (χ1v) is 5.56. The van der Waals surface area contributed by atoms with Crippen molar-refractivity contribution in [2.75, 3.05) is 13.7 Å². The summed E-state index contributed by atoms with van der Waals surface area (Å²) in [6.45, 7) is 4.06. The number of primary amides is 1. The molecule has 0 radical (unpaired) electrons. The molecule has 0 fully saturated rings. The molecular weight excluding hydrogens is 264 g/mol. The second-order valence-electron chi connectivity index (χ2n) is 3.52. The van der Waals surface area contributed by atoms with E-state index in [4.69, 9.17) is 5.73 Å². The van der Waals surface area contributed by atoms with Crippen LogP contribution in [0.15, 0.2) is 0 Å². The normalized spacial score (nSPS) is 14.7. The molecule has 0 aromatic heterocycles. The van der Waals surface area contributed by atoms with E-state index in [0.717, 1.165) is 0 Å². The fourth-order valence-corrected chi connectivity index (χ4v) is 1.48. The SMILES string of the molecule is COC(=O)C(Br)CNC(C(N)=O)C(C)C. The summed E-state index contributed by atoms with van der Waals surface area (Å²) in [4.78, 5) is 21.6. The Kier molecular flexibility index (Phi) is 6.51. The maximum absolute atomic E-state index is 11.0. The summed E-state index contributed by atoms with van der Waals surface area (Å²) in [6.07, 6.45) is 0. The molecule has 1 amide bonds. The van der Waals surface area contributed by atoms with Crippen LogP contribution in [-0.2, 0) is 14.3 Å². The van der Waals surface area contributed by atoms with Gasteiger partial charge < -0.3 is 15.8 Å². The quantitative estimate of drug-likeness (QED) is 0.531. The van der Waals surface area contributed by atoms with E-state index in [1.54, 1.807) is 0 Å². The van der Waals surface area contributed by atoms with Crippen molar-refractivity contribution in [3.05, 3.63) is 0 Å². The lowest BCUT2D eigenvalue weighted by atomic mass is 10.0. The molecule has 5 nitrogen and oxygen atoms in total. The van der Waals surface area contributed by atoms with E-state index in [-0.39, 0.29) is 11.9 Å². The smallest absolute Gasteiger partial charge is 0.320 e. The lowest BCUT2D eigenvalue weighted by molar-refractivity contribution is -0.139. The number of nitrogens with two attached hydrogens (primary N) is 1. The lowest BCUT2D eigenvalue weighted by Gasteiger charge is -2.20. The Bertz CT molecular complexity index is 233. The molecule has 2 atom stereocenters. The standard InChI is InChI=1S/C9H17BrN2O3/c1-5(2)7(8(11)13)12-4-6(10)9(14)15-3/h5-7,12H,4H2,1-3H3,(H2,11,13). The molecule has 0 saturated carbocycles. The molecule has 3 N–H and O–H groups in total. The molecule has 6 heteroatoms. The number of nitrogens with one attached hydrogen (secondary N) is 1. The highest BCUT2D eigenvalue weighted by molar-refractivity contribution is 9.10. The highest BCUT2D eigenvalue weighted by Gasteiger charge is 2.22. The predicted molar refractivity (Wildman–Crippen MR) is 60.6 cm³/mol. The largest absolute Gasteiger partial charge is 0.468 e. The van der Waals surface area contributed by atoms with Crippen LogP contribution in [-0.4, -0.2) is 36.4 Å². The van der Waals surface area contributed by atoms with Gasteiger partial charge in [0.2, 0.25) is 5.91 Å². The first-order valence-electron chi connectivity index (χ1n) is 4.64. The number of alkyl halides is 1. The third-order valence-corrected chi connectivity index (χ3v) is 2.64. The highest BCUT2D eigenvalue weighted by atomic mass is 79.9. The summed E-state index contributed by atoms with van der Waals surface area (Å²) in [6, 6.07) is -0.435. The number of methoxy groups -OCH3 is 1. The second kappa shape index (κ2) is 6.79. The molecule has 0 heterocycles. The van der Waals surface area contributed by atoms with Gasteiger partial charge in [-0.2, -0.15) is 0 Å². The maximum Gasteiger partial charge on any atom is 0.320 e. The molecule has 0 spiro atoms. The van der Waals surface area contributed by atoms with Crippen molar-refractivity contribution >= 4 is 27.8 Å². The van der Waals surface area contributed by atoms with E-state index < -0.39 is 16.8 Å². The molecule has 0 aliphatic heterocycles. The van der Waals surface area contributed by atoms with Gasteiger partial charge in [0, 0.05) is 6.54 Å². The molecule has 0 aliphatic carbocycles. The minimum atomic E-state index is -0.469. The zero-order chi connectivity index (χ0) is 12.0. The summed E-state index contributed by atoms with van der Waals surface area (Å²) in [5.41, 5.74) is 5.20. The van der Waals surface area contributed by atoms with Crippen LogP contribution in [0, 0.1) is 5.92 Å². The van der Waals surface area contributed by atoms with Crippen LogP contribution in [0.4, 0.5) is 0 Å². The molecule has 0 aliphatic rings. The molecule has 0 rings (SSSR count). The summed E-state index contributed by atoms with van der Waals surface area (Å²) < 4.78 is 4.52. The van der Waals surface area contributed by atoms with Crippen molar-refractivity contribution in [3.8, 4) is 0 Å². The van der Waals surface area contributed by atoms with E-state index in [1.807, 2.05) is 13.8 Å². The zero-order valence-electron chi connectivity index (χ0n) is 9.12. The minimum absolute atomic E-state index is 0.0832. The van der Waals surface area contributed by atoms with Crippen LogP contribution >= 0.6 is 15.9 Å². The van der Waals surface area contributed by atoms with E-state index in [0.29, 0.717) is 6.54 Å². The second-order valence-corrected chi connectivity index (χ2v) is 4.63. The molecule has 15 heavy (non-hydrogen) atoms. The van der Waals surface area contributed by atoms with Crippen LogP contribution in [0.1, 0.15) is 13.8 Å².